The summed E-state index contributed by atoms with van der Waals surface area (Å²) in [5, 5.41) is 1.57. The van der Waals surface area contributed by atoms with Gasteiger partial charge in [0.25, 0.3) is 5.91 Å². The minimum Gasteiger partial charge on any atom is -0.267 e. The summed E-state index contributed by atoms with van der Waals surface area (Å²) >= 11 is 0. The second-order valence-electron chi connectivity index (χ2n) is 4.56. The van der Waals surface area contributed by atoms with Crippen LogP contribution in [0.15, 0.2) is 30.3 Å². The minimum absolute atomic E-state index is 0.00231. The van der Waals surface area contributed by atoms with Crippen LogP contribution >= 0.6 is 0 Å². The molecule has 1 aromatic rings. The normalized spacial score (nSPS) is 22.1. The first kappa shape index (κ1) is 9.85. The SMILES string of the molecule is O=C(c1ccccc1)N1OC12CCCCC2. The predicted molar refractivity (Wildman–Crippen MR) is 59.5 cm³/mol. The molecule has 3 heteroatoms. The van der Waals surface area contributed by atoms with Gasteiger partial charge in [0.2, 0.25) is 0 Å². The standard InChI is InChI=1S/C13H15NO2/c15-12(11-7-3-1-4-8-11)14-13(16-14)9-5-2-6-10-13/h1,3-4,7-8H,2,5-6,9-10H2. The Morgan fingerprint density at radius 1 is 1.12 bits per heavy atom. The number of hydrogen-bond donors (Lipinski definition) is 0. The maximum Gasteiger partial charge on any atom is 0.280 e. The molecule has 1 aliphatic carbocycles. The number of rotatable bonds is 1. The average molecular weight is 217 g/mol. The molecule has 1 heterocycles. The highest BCUT2D eigenvalue weighted by Crippen LogP contribution is 2.47. The molecule has 0 atom stereocenters. The van der Waals surface area contributed by atoms with E-state index >= 15 is 0 Å². The van der Waals surface area contributed by atoms with E-state index in [4.69, 9.17) is 4.84 Å². The summed E-state index contributed by atoms with van der Waals surface area (Å²) < 4.78 is 0. The molecule has 2 fully saturated rings. The maximum absolute atomic E-state index is 12.1. The molecule has 1 spiro atoms. The molecular weight excluding hydrogens is 202 g/mol. The highest BCUT2D eigenvalue weighted by atomic mass is 16.9. The van der Waals surface area contributed by atoms with Gasteiger partial charge in [0, 0.05) is 5.56 Å². The highest BCUT2D eigenvalue weighted by molar-refractivity contribution is 5.94. The molecule has 84 valence electrons. The summed E-state index contributed by atoms with van der Waals surface area (Å²) in [7, 11) is 0. The molecule has 1 aromatic carbocycles. The van der Waals surface area contributed by atoms with Crippen LogP contribution < -0.4 is 0 Å². The van der Waals surface area contributed by atoms with Gasteiger partial charge in [-0.15, -0.1) is 0 Å². The molecule has 0 aromatic heterocycles. The summed E-state index contributed by atoms with van der Waals surface area (Å²) in [6.45, 7) is 0. The van der Waals surface area contributed by atoms with Crippen molar-refractivity contribution in [3.63, 3.8) is 0 Å². The van der Waals surface area contributed by atoms with Crippen LogP contribution in [0.25, 0.3) is 0 Å². The molecule has 0 radical (unpaired) electrons. The highest BCUT2D eigenvalue weighted by Gasteiger charge is 2.58. The van der Waals surface area contributed by atoms with Gasteiger partial charge in [0.1, 0.15) is 0 Å². The predicted octanol–water partition coefficient (Wildman–Crippen LogP) is 2.73. The lowest BCUT2D eigenvalue weighted by molar-refractivity contribution is 0.0712. The van der Waals surface area contributed by atoms with Crippen LogP contribution in [-0.2, 0) is 4.84 Å². The van der Waals surface area contributed by atoms with Gasteiger partial charge in [-0.25, -0.2) is 4.84 Å². The lowest BCUT2D eigenvalue weighted by Gasteiger charge is -2.16. The lowest BCUT2D eigenvalue weighted by Crippen LogP contribution is -2.25. The van der Waals surface area contributed by atoms with Crippen molar-refractivity contribution in [3.05, 3.63) is 35.9 Å². The van der Waals surface area contributed by atoms with Crippen molar-refractivity contribution in [1.29, 1.82) is 0 Å². The number of nitrogens with zero attached hydrogens (tertiary/aromatic N) is 1. The number of hydrogen-bond acceptors (Lipinski definition) is 2. The summed E-state index contributed by atoms with van der Waals surface area (Å²) in [4.78, 5) is 17.6. The average Bonchev–Trinajstić information content (AvgIpc) is 3.04. The van der Waals surface area contributed by atoms with Gasteiger partial charge >= 0.3 is 0 Å². The van der Waals surface area contributed by atoms with E-state index in [2.05, 4.69) is 0 Å². The minimum atomic E-state index is -0.245. The van der Waals surface area contributed by atoms with Gasteiger partial charge in [-0.3, -0.25) is 4.79 Å². The topological polar surface area (TPSA) is 32.6 Å². The van der Waals surface area contributed by atoms with Gasteiger partial charge in [0.15, 0.2) is 5.72 Å². The third-order valence-corrected chi connectivity index (χ3v) is 3.44. The Balaban J connectivity index is 1.74. The van der Waals surface area contributed by atoms with Gasteiger partial charge in [-0.05, 0) is 37.8 Å². The molecule has 0 unspecified atom stereocenters. The molecular formula is C13H15NO2. The maximum atomic E-state index is 12.1. The number of hydroxylamine groups is 2. The van der Waals surface area contributed by atoms with Crippen molar-refractivity contribution < 1.29 is 9.63 Å². The monoisotopic (exact) mass is 217 g/mol. The van der Waals surface area contributed by atoms with E-state index < -0.39 is 0 Å². The first-order chi connectivity index (χ1) is 7.82. The van der Waals surface area contributed by atoms with Gasteiger partial charge < -0.3 is 0 Å². The van der Waals surface area contributed by atoms with Gasteiger partial charge in [0.05, 0.1) is 0 Å². The Labute approximate surface area is 95.0 Å². The summed E-state index contributed by atoms with van der Waals surface area (Å²) in [6, 6.07) is 9.34. The molecule has 2 aliphatic rings. The summed E-state index contributed by atoms with van der Waals surface area (Å²) in [5.74, 6) is 0.00231. The zero-order chi connectivity index (χ0) is 11.0. The third kappa shape index (κ3) is 1.52. The zero-order valence-electron chi connectivity index (χ0n) is 9.19. The van der Waals surface area contributed by atoms with E-state index in [1.807, 2.05) is 30.3 Å². The van der Waals surface area contributed by atoms with Crippen LogP contribution in [-0.4, -0.2) is 16.7 Å². The number of amides is 1. The van der Waals surface area contributed by atoms with E-state index in [9.17, 15) is 4.79 Å². The smallest absolute Gasteiger partial charge is 0.267 e. The number of carbonyl (C=O) groups excluding carboxylic acids is 1. The van der Waals surface area contributed by atoms with E-state index in [0.717, 1.165) is 12.8 Å². The quantitative estimate of drug-likeness (QED) is 0.677. The second kappa shape index (κ2) is 3.59. The van der Waals surface area contributed by atoms with Crippen molar-refractivity contribution in [2.75, 3.05) is 0 Å². The Morgan fingerprint density at radius 2 is 1.81 bits per heavy atom. The molecule has 0 N–H and O–H groups in total. The lowest BCUT2D eigenvalue weighted by atomic mass is 9.93. The summed E-state index contributed by atoms with van der Waals surface area (Å²) in [6.07, 6.45) is 5.58. The fourth-order valence-electron chi connectivity index (χ4n) is 2.47. The van der Waals surface area contributed by atoms with Crippen molar-refractivity contribution >= 4 is 5.91 Å². The van der Waals surface area contributed by atoms with Crippen LogP contribution in [0.4, 0.5) is 0 Å². The molecule has 1 amide bonds. The van der Waals surface area contributed by atoms with E-state index in [1.165, 1.54) is 19.3 Å². The molecule has 3 nitrogen and oxygen atoms in total. The summed E-state index contributed by atoms with van der Waals surface area (Å²) in [5.41, 5.74) is 0.468. The van der Waals surface area contributed by atoms with Crippen molar-refractivity contribution in [2.45, 2.75) is 37.8 Å². The zero-order valence-corrected chi connectivity index (χ0v) is 9.19. The van der Waals surface area contributed by atoms with Crippen molar-refractivity contribution in [1.82, 2.24) is 5.06 Å². The Bertz CT molecular complexity index is 396. The molecule has 1 saturated carbocycles. The first-order valence-electron chi connectivity index (χ1n) is 5.91. The van der Waals surface area contributed by atoms with Crippen LogP contribution in [0, 0.1) is 0 Å². The van der Waals surface area contributed by atoms with Crippen LogP contribution in [0.5, 0.6) is 0 Å². The first-order valence-corrected chi connectivity index (χ1v) is 5.91. The number of benzene rings is 1. The van der Waals surface area contributed by atoms with Crippen molar-refractivity contribution in [2.24, 2.45) is 0 Å². The van der Waals surface area contributed by atoms with Crippen LogP contribution in [0.1, 0.15) is 42.5 Å². The number of carbonyl (C=O) groups is 1. The van der Waals surface area contributed by atoms with Gasteiger partial charge in [-0.1, -0.05) is 24.6 Å². The van der Waals surface area contributed by atoms with Crippen LogP contribution in [0.3, 0.4) is 0 Å². The second-order valence-corrected chi connectivity index (χ2v) is 4.56. The largest absolute Gasteiger partial charge is 0.280 e. The molecule has 3 rings (SSSR count). The molecule has 1 saturated heterocycles. The molecule has 0 bridgehead atoms. The van der Waals surface area contributed by atoms with E-state index in [1.54, 1.807) is 5.06 Å². The van der Waals surface area contributed by atoms with Gasteiger partial charge in [-0.2, -0.15) is 5.06 Å². The Morgan fingerprint density at radius 3 is 2.50 bits per heavy atom. The van der Waals surface area contributed by atoms with Crippen LogP contribution in [0.2, 0.25) is 0 Å². The Kier molecular flexibility index (Phi) is 2.21. The molecule has 16 heavy (non-hydrogen) atoms. The fourth-order valence-corrected chi connectivity index (χ4v) is 2.47. The Hall–Kier alpha value is -1.35. The fraction of sp³-hybridized carbons (Fsp3) is 0.462. The van der Waals surface area contributed by atoms with E-state index in [0.29, 0.717) is 5.56 Å². The van der Waals surface area contributed by atoms with Crippen molar-refractivity contribution in [3.8, 4) is 0 Å². The third-order valence-electron chi connectivity index (χ3n) is 3.44. The van der Waals surface area contributed by atoms with E-state index in [-0.39, 0.29) is 11.6 Å². The molecule has 1 aliphatic heterocycles.